The molecule has 0 fully saturated rings. The molecule has 0 radical (unpaired) electrons. The number of allylic oxidation sites excluding steroid dienone is 2. The maximum absolute atomic E-state index is 10.7. The van der Waals surface area contributed by atoms with E-state index in [0.29, 0.717) is 12.0 Å². The van der Waals surface area contributed by atoms with Crippen molar-refractivity contribution in [1.82, 2.24) is 0 Å². The highest BCUT2D eigenvalue weighted by atomic mass is 35.5. The summed E-state index contributed by atoms with van der Waals surface area (Å²) in [6, 6.07) is 6.83. The Morgan fingerprint density at radius 3 is 2.20 bits per heavy atom. The first-order chi connectivity index (χ1) is 7.09. The van der Waals surface area contributed by atoms with Crippen molar-refractivity contribution in [2.45, 2.75) is 6.42 Å². The number of hydrogen-bond donors (Lipinski definition) is 0. The van der Waals surface area contributed by atoms with Gasteiger partial charge < -0.3 is 0 Å². The molecule has 0 bridgehead atoms. The van der Waals surface area contributed by atoms with E-state index in [9.17, 15) is 9.59 Å². The molecule has 0 unspecified atom stereocenters. The molecule has 0 N–H and O–H groups in total. The van der Waals surface area contributed by atoms with Crippen molar-refractivity contribution in [3.8, 4) is 0 Å². The monoisotopic (exact) mass is 242 g/mol. The number of carbonyl (C=O) groups excluding carboxylic acids is 2. The van der Waals surface area contributed by atoms with Gasteiger partial charge in [0.1, 0.15) is 0 Å². The summed E-state index contributed by atoms with van der Waals surface area (Å²) < 4.78 is 0. The van der Waals surface area contributed by atoms with Crippen LogP contribution in [0.15, 0.2) is 36.4 Å². The van der Waals surface area contributed by atoms with E-state index < -0.39 is 10.5 Å². The van der Waals surface area contributed by atoms with Gasteiger partial charge in [0.05, 0.1) is 0 Å². The van der Waals surface area contributed by atoms with E-state index in [-0.39, 0.29) is 0 Å². The van der Waals surface area contributed by atoms with E-state index in [0.717, 1.165) is 5.56 Å². The van der Waals surface area contributed by atoms with Crippen molar-refractivity contribution in [2.24, 2.45) is 0 Å². The lowest BCUT2D eigenvalue weighted by atomic mass is 10.1. The SMILES string of the molecule is O=C(Cl)/C=C\Cc1ccc(C(=O)Cl)cc1. The fraction of sp³-hybridized carbons (Fsp3) is 0.0909. The average molecular weight is 243 g/mol. The highest BCUT2D eigenvalue weighted by Crippen LogP contribution is 2.08. The minimum Gasteiger partial charge on any atom is -0.276 e. The first-order valence-corrected chi connectivity index (χ1v) is 5.00. The summed E-state index contributed by atoms with van der Waals surface area (Å²) >= 11 is 10.4. The van der Waals surface area contributed by atoms with Gasteiger partial charge in [-0.2, -0.15) is 0 Å². The molecule has 1 rings (SSSR count). The summed E-state index contributed by atoms with van der Waals surface area (Å²) in [4.78, 5) is 21.1. The molecule has 1 aromatic rings. The van der Waals surface area contributed by atoms with Crippen molar-refractivity contribution in [2.75, 3.05) is 0 Å². The molecule has 0 saturated heterocycles. The zero-order valence-corrected chi connectivity index (χ0v) is 9.26. The van der Waals surface area contributed by atoms with E-state index in [1.165, 1.54) is 6.08 Å². The Labute approximate surface area is 97.5 Å². The summed E-state index contributed by atoms with van der Waals surface area (Å²) in [7, 11) is 0. The van der Waals surface area contributed by atoms with E-state index in [1.54, 1.807) is 30.3 Å². The lowest BCUT2D eigenvalue weighted by molar-refractivity contribution is -0.107. The third-order valence-corrected chi connectivity index (χ3v) is 2.13. The van der Waals surface area contributed by atoms with Crippen LogP contribution in [0.5, 0.6) is 0 Å². The molecule has 0 aliphatic rings. The molecule has 4 heteroatoms. The van der Waals surface area contributed by atoms with Gasteiger partial charge in [-0.1, -0.05) is 18.2 Å². The van der Waals surface area contributed by atoms with Crippen LogP contribution in [0.1, 0.15) is 15.9 Å². The maximum atomic E-state index is 10.7. The predicted molar refractivity (Wildman–Crippen MR) is 60.3 cm³/mol. The van der Waals surface area contributed by atoms with Crippen LogP contribution in [0, 0.1) is 0 Å². The molecular weight excluding hydrogens is 235 g/mol. The Balaban J connectivity index is 2.65. The summed E-state index contributed by atoms with van der Waals surface area (Å²) in [5, 5.41) is -0.976. The molecule has 0 saturated carbocycles. The highest BCUT2D eigenvalue weighted by molar-refractivity contribution is 6.67. The predicted octanol–water partition coefficient (Wildman–Crippen LogP) is 2.93. The van der Waals surface area contributed by atoms with Crippen LogP contribution in [0.2, 0.25) is 0 Å². The molecule has 0 aliphatic heterocycles. The van der Waals surface area contributed by atoms with E-state index >= 15 is 0 Å². The Bertz CT molecular complexity index is 394. The maximum Gasteiger partial charge on any atom is 0.252 e. The third kappa shape index (κ3) is 4.28. The minimum absolute atomic E-state index is 0.456. The topological polar surface area (TPSA) is 34.1 Å². The van der Waals surface area contributed by atoms with E-state index in [1.807, 2.05) is 0 Å². The summed E-state index contributed by atoms with van der Waals surface area (Å²) in [6.07, 6.45) is 3.55. The molecule has 0 amide bonds. The van der Waals surface area contributed by atoms with Gasteiger partial charge in [0, 0.05) is 5.56 Å². The molecule has 0 heterocycles. The highest BCUT2D eigenvalue weighted by Gasteiger charge is 1.99. The van der Waals surface area contributed by atoms with Crippen molar-refractivity contribution < 1.29 is 9.59 Å². The van der Waals surface area contributed by atoms with Crippen LogP contribution in [-0.2, 0) is 11.2 Å². The first-order valence-electron chi connectivity index (χ1n) is 4.24. The van der Waals surface area contributed by atoms with Crippen molar-refractivity contribution in [3.05, 3.63) is 47.5 Å². The van der Waals surface area contributed by atoms with Crippen LogP contribution in [0.4, 0.5) is 0 Å². The van der Waals surface area contributed by atoms with Crippen LogP contribution >= 0.6 is 23.2 Å². The van der Waals surface area contributed by atoms with Gasteiger partial charge in [-0.15, -0.1) is 0 Å². The van der Waals surface area contributed by atoms with Crippen molar-refractivity contribution in [1.29, 1.82) is 0 Å². The molecule has 78 valence electrons. The molecule has 0 atom stereocenters. The van der Waals surface area contributed by atoms with Crippen LogP contribution in [-0.4, -0.2) is 10.5 Å². The second-order valence-electron chi connectivity index (χ2n) is 2.88. The van der Waals surface area contributed by atoms with Gasteiger partial charge in [-0.3, -0.25) is 9.59 Å². The normalized spacial score (nSPS) is 10.5. The van der Waals surface area contributed by atoms with Crippen LogP contribution in [0.3, 0.4) is 0 Å². The standard InChI is InChI=1S/C11H8Cl2O2/c12-10(14)3-1-2-8-4-6-9(7-5-8)11(13)15/h1,3-7H,2H2/b3-1-. The molecule has 0 spiro atoms. The lowest BCUT2D eigenvalue weighted by Gasteiger charge is -1.97. The first kappa shape index (κ1) is 12.0. The Morgan fingerprint density at radius 2 is 1.73 bits per heavy atom. The molecule has 1 aromatic carbocycles. The van der Waals surface area contributed by atoms with E-state index in [2.05, 4.69) is 0 Å². The van der Waals surface area contributed by atoms with Crippen LogP contribution in [0.25, 0.3) is 0 Å². The quantitative estimate of drug-likeness (QED) is 0.601. The second-order valence-corrected chi connectivity index (χ2v) is 3.60. The molecule has 2 nitrogen and oxygen atoms in total. The summed E-state index contributed by atoms with van der Waals surface area (Å²) in [5.41, 5.74) is 1.43. The van der Waals surface area contributed by atoms with Gasteiger partial charge in [0.2, 0.25) is 5.24 Å². The van der Waals surface area contributed by atoms with Gasteiger partial charge in [-0.05, 0) is 53.4 Å². The van der Waals surface area contributed by atoms with Gasteiger partial charge in [-0.25, -0.2) is 0 Å². The van der Waals surface area contributed by atoms with Crippen molar-refractivity contribution >= 4 is 33.7 Å². The zero-order valence-electron chi connectivity index (χ0n) is 7.74. The Hall–Kier alpha value is -1.12. The van der Waals surface area contributed by atoms with E-state index in [4.69, 9.17) is 23.2 Å². The fourth-order valence-electron chi connectivity index (χ4n) is 1.06. The van der Waals surface area contributed by atoms with Crippen molar-refractivity contribution in [3.63, 3.8) is 0 Å². The number of halogens is 2. The van der Waals surface area contributed by atoms with Crippen LogP contribution < -0.4 is 0 Å². The zero-order chi connectivity index (χ0) is 11.3. The van der Waals surface area contributed by atoms with Gasteiger partial charge >= 0.3 is 0 Å². The molecule has 0 aromatic heterocycles. The number of benzene rings is 1. The Kier molecular flexibility index (Phi) is 4.53. The number of rotatable bonds is 4. The molecule has 0 aliphatic carbocycles. The summed E-state index contributed by atoms with van der Waals surface area (Å²) in [6.45, 7) is 0. The molecule has 15 heavy (non-hydrogen) atoms. The molecular formula is C11H8Cl2O2. The Morgan fingerprint density at radius 1 is 1.13 bits per heavy atom. The third-order valence-electron chi connectivity index (χ3n) is 1.78. The average Bonchev–Trinajstić information content (AvgIpc) is 2.18. The van der Waals surface area contributed by atoms with Gasteiger partial charge in [0.15, 0.2) is 0 Å². The number of carbonyl (C=O) groups is 2. The largest absolute Gasteiger partial charge is 0.276 e. The lowest BCUT2D eigenvalue weighted by Crippen LogP contribution is -1.89. The number of hydrogen-bond acceptors (Lipinski definition) is 2. The fourth-order valence-corrected chi connectivity index (χ4v) is 1.27. The van der Waals surface area contributed by atoms with Gasteiger partial charge in [0.25, 0.3) is 5.24 Å². The minimum atomic E-state index is -0.498. The second kappa shape index (κ2) is 5.69. The summed E-state index contributed by atoms with van der Waals surface area (Å²) in [5.74, 6) is 0. The smallest absolute Gasteiger partial charge is 0.252 e.